The second-order valence-corrected chi connectivity index (χ2v) is 6.83. The number of hydrogen-bond acceptors (Lipinski definition) is 2. The molecule has 0 radical (unpaired) electrons. The van der Waals surface area contributed by atoms with Crippen LogP contribution in [0.4, 0.5) is 0 Å². The number of pyridine rings is 1. The fourth-order valence-corrected chi connectivity index (χ4v) is 3.22. The van der Waals surface area contributed by atoms with E-state index in [4.69, 9.17) is 39.8 Å². The van der Waals surface area contributed by atoms with Crippen LogP contribution in [0.3, 0.4) is 0 Å². The monoisotopic (exact) mass is 387 g/mol. The van der Waals surface area contributed by atoms with Gasteiger partial charge in [-0.25, -0.2) is 9.97 Å². The van der Waals surface area contributed by atoms with E-state index < -0.39 is 0 Å². The van der Waals surface area contributed by atoms with Crippen LogP contribution < -0.4 is 0 Å². The van der Waals surface area contributed by atoms with Crippen molar-refractivity contribution in [1.82, 2.24) is 14.5 Å². The lowest BCUT2D eigenvalue weighted by Crippen LogP contribution is -2.02. The van der Waals surface area contributed by atoms with Gasteiger partial charge in [-0.3, -0.25) is 0 Å². The average molecular weight is 389 g/mol. The van der Waals surface area contributed by atoms with E-state index in [9.17, 15) is 0 Å². The van der Waals surface area contributed by atoms with E-state index in [-0.39, 0.29) is 0 Å². The summed E-state index contributed by atoms with van der Waals surface area (Å²) in [5.41, 5.74) is 3.91. The van der Waals surface area contributed by atoms with Crippen LogP contribution in [0, 0.1) is 0 Å². The van der Waals surface area contributed by atoms with Gasteiger partial charge in [0.2, 0.25) is 0 Å². The van der Waals surface area contributed by atoms with Crippen LogP contribution in [0.25, 0.3) is 22.4 Å². The van der Waals surface area contributed by atoms with E-state index in [1.54, 1.807) is 12.3 Å². The van der Waals surface area contributed by atoms with Crippen molar-refractivity contribution in [1.29, 1.82) is 0 Å². The van der Waals surface area contributed by atoms with Crippen LogP contribution in [0.5, 0.6) is 0 Å². The molecule has 4 rings (SSSR count). The van der Waals surface area contributed by atoms with Crippen molar-refractivity contribution in [2.24, 2.45) is 0 Å². The number of rotatable bonds is 3. The number of halogens is 3. The summed E-state index contributed by atoms with van der Waals surface area (Å²) < 4.78 is 2.14. The number of fused-ring (bicyclic) bond motifs is 1. The Morgan fingerprint density at radius 2 is 1.72 bits per heavy atom. The summed E-state index contributed by atoms with van der Waals surface area (Å²) in [6.45, 7) is 0.620. The lowest BCUT2D eigenvalue weighted by Gasteiger charge is -2.10. The van der Waals surface area contributed by atoms with Crippen molar-refractivity contribution >= 4 is 45.8 Å². The van der Waals surface area contributed by atoms with Gasteiger partial charge in [0.05, 0.1) is 21.1 Å². The van der Waals surface area contributed by atoms with E-state index in [1.807, 2.05) is 48.5 Å². The van der Waals surface area contributed by atoms with Crippen molar-refractivity contribution in [2.75, 3.05) is 0 Å². The molecule has 0 N–H and O–H groups in total. The Labute approximate surface area is 159 Å². The standard InChI is InChI=1S/C19H12Cl3N3/c20-14-7-5-12(9-15(14)21)11-25-17-4-2-1-3-16(17)24-19(25)13-6-8-18(22)23-10-13/h1-10H,11H2. The predicted molar refractivity (Wildman–Crippen MR) is 104 cm³/mol. The molecular formula is C19H12Cl3N3. The molecule has 0 aliphatic rings. The molecule has 3 nitrogen and oxygen atoms in total. The SMILES string of the molecule is Clc1ccc(-c2nc3ccccc3n2Cc2ccc(Cl)c(Cl)c2)cn1. The maximum atomic E-state index is 6.16. The number of para-hydroxylation sites is 2. The average Bonchev–Trinajstić information content (AvgIpc) is 2.97. The molecule has 2 aromatic carbocycles. The van der Waals surface area contributed by atoms with Gasteiger partial charge < -0.3 is 4.57 Å². The Hall–Kier alpha value is -2.07. The minimum Gasteiger partial charge on any atom is -0.319 e. The molecule has 0 aliphatic heterocycles. The van der Waals surface area contributed by atoms with Gasteiger partial charge in [0.15, 0.2) is 0 Å². The zero-order valence-corrected chi connectivity index (χ0v) is 15.2. The summed E-state index contributed by atoms with van der Waals surface area (Å²) in [7, 11) is 0. The number of imidazole rings is 1. The van der Waals surface area contributed by atoms with Gasteiger partial charge in [0.25, 0.3) is 0 Å². The molecule has 0 amide bonds. The van der Waals surface area contributed by atoms with E-state index in [1.165, 1.54) is 0 Å². The highest BCUT2D eigenvalue weighted by molar-refractivity contribution is 6.42. The van der Waals surface area contributed by atoms with Gasteiger partial charge in [-0.2, -0.15) is 0 Å². The first-order valence-electron chi connectivity index (χ1n) is 7.63. The molecule has 0 aliphatic carbocycles. The molecule has 25 heavy (non-hydrogen) atoms. The molecule has 0 fully saturated rings. The fraction of sp³-hybridized carbons (Fsp3) is 0.0526. The van der Waals surface area contributed by atoms with Gasteiger partial charge in [-0.15, -0.1) is 0 Å². The molecule has 0 spiro atoms. The summed E-state index contributed by atoms with van der Waals surface area (Å²) in [5.74, 6) is 0.830. The van der Waals surface area contributed by atoms with Crippen molar-refractivity contribution < 1.29 is 0 Å². The molecule has 0 saturated heterocycles. The van der Waals surface area contributed by atoms with Crippen LogP contribution in [-0.4, -0.2) is 14.5 Å². The van der Waals surface area contributed by atoms with E-state index in [0.717, 1.165) is 28.0 Å². The van der Waals surface area contributed by atoms with Crippen LogP contribution >= 0.6 is 34.8 Å². The van der Waals surface area contributed by atoms with Crippen LogP contribution in [0.1, 0.15) is 5.56 Å². The Kier molecular flexibility index (Phi) is 4.38. The quantitative estimate of drug-likeness (QED) is 0.397. The molecule has 0 atom stereocenters. The smallest absolute Gasteiger partial charge is 0.143 e. The molecule has 4 aromatic rings. The number of hydrogen-bond donors (Lipinski definition) is 0. The van der Waals surface area contributed by atoms with Crippen LogP contribution in [0.2, 0.25) is 15.2 Å². The van der Waals surface area contributed by atoms with Crippen molar-refractivity contribution in [3.05, 3.63) is 81.6 Å². The van der Waals surface area contributed by atoms with Gasteiger partial charge >= 0.3 is 0 Å². The first kappa shape index (κ1) is 16.4. The van der Waals surface area contributed by atoms with Crippen molar-refractivity contribution in [3.63, 3.8) is 0 Å². The minimum atomic E-state index is 0.455. The van der Waals surface area contributed by atoms with Gasteiger partial charge in [0.1, 0.15) is 11.0 Å². The molecule has 6 heteroatoms. The lowest BCUT2D eigenvalue weighted by atomic mass is 10.2. The van der Waals surface area contributed by atoms with Crippen molar-refractivity contribution in [3.8, 4) is 11.4 Å². The van der Waals surface area contributed by atoms with Gasteiger partial charge in [-0.1, -0.05) is 53.0 Å². The molecular weight excluding hydrogens is 377 g/mol. The first-order chi connectivity index (χ1) is 12.1. The van der Waals surface area contributed by atoms with E-state index in [2.05, 4.69) is 9.55 Å². The van der Waals surface area contributed by atoms with Gasteiger partial charge in [-0.05, 0) is 42.0 Å². The number of nitrogens with zero attached hydrogens (tertiary/aromatic N) is 3. The summed E-state index contributed by atoms with van der Waals surface area (Å²) in [5, 5.41) is 1.54. The lowest BCUT2D eigenvalue weighted by molar-refractivity contribution is 0.834. The molecule has 0 unspecified atom stereocenters. The maximum Gasteiger partial charge on any atom is 0.143 e. The Bertz CT molecular complexity index is 1060. The van der Waals surface area contributed by atoms with Gasteiger partial charge in [0, 0.05) is 18.3 Å². The second kappa shape index (κ2) is 6.68. The maximum absolute atomic E-state index is 6.16. The largest absolute Gasteiger partial charge is 0.319 e. The summed E-state index contributed by atoms with van der Waals surface area (Å²) in [6.07, 6.45) is 1.73. The third-order valence-corrected chi connectivity index (χ3v) is 4.93. The first-order valence-corrected chi connectivity index (χ1v) is 8.76. The fourth-order valence-electron chi connectivity index (χ4n) is 2.78. The third-order valence-electron chi connectivity index (χ3n) is 3.96. The Morgan fingerprint density at radius 1 is 0.880 bits per heavy atom. The minimum absolute atomic E-state index is 0.455. The molecule has 124 valence electrons. The predicted octanol–water partition coefficient (Wildman–Crippen LogP) is 6.11. The molecule has 0 saturated carbocycles. The summed E-state index contributed by atoms with van der Waals surface area (Å²) in [4.78, 5) is 8.94. The Morgan fingerprint density at radius 3 is 2.48 bits per heavy atom. The summed E-state index contributed by atoms with van der Waals surface area (Å²) in [6, 6.07) is 17.3. The zero-order chi connectivity index (χ0) is 17.4. The molecule has 0 bridgehead atoms. The highest BCUT2D eigenvalue weighted by atomic mass is 35.5. The van der Waals surface area contributed by atoms with E-state index >= 15 is 0 Å². The normalized spacial score (nSPS) is 11.2. The highest BCUT2D eigenvalue weighted by Gasteiger charge is 2.13. The second-order valence-electron chi connectivity index (χ2n) is 5.63. The zero-order valence-electron chi connectivity index (χ0n) is 13.0. The van der Waals surface area contributed by atoms with Crippen molar-refractivity contribution in [2.45, 2.75) is 6.54 Å². The van der Waals surface area contributed by atoms with Crippen LogP contribution in [-0.2, 0) is 6.54 Å². The molecule has 2 aromatic heterocycles. The topological polar surface area (TPSA) is 30.7 Å². The number of benzene rings is 2. The third kappa shape index (κ3) is 3.23. The summed E-state index contributed by atoms with van der Waals surface area (Å²) >= 11 is 18.1. The van der Waals surface area contributed by atoms with Crippen LogP contribution in [0.15, 0.2) is 60.8 Å². The molecule has 2 heterocycles. The number of aromatic nitrogens is 3. The highest BCUT2D eigenvalue weighted by Crippen LogP contribution is 2.28. The Balaban J connectivity index is 1.87. The van der Waals surface area contributed by atoms with E-state index in [0.29, 0.717) is 21.7 Å².